The van der Waals surface area contributed by atoms with Crippen molar-refractivity contribution in [3.05, 3.63) is 72.6 Å². The molecule has 1 aromatic heterocycles. The molecule has 0 radical (unpaired) electrons. The summed E-state index contributed by atoms with van der Waals surface area (Å²) >= 11 is 1.15. The number of allylic oxidation sites excluding steroid dienone is 1. The minimum atomic E-state index is -4.43. The number of nitrogens with zero attached hydrogens (tertiary/aromatic N) is 3. The Morgan fingerprint density at radius 1 is 1.21 bits per heavy atom. The summed E-state index contributed by atoms with van der Waals surface area (Å²) in [6, 6.07) is 11.4. The maximum Gasteiger partial charge on any atom is 0.416 e. The lowest BCUT2D eigenvalue weighted by molar-refractivity contribution is -0.137. The number of methoxy groups -OCH3 is 1. The number of rotatable bonds is 10. The van der Waals surface area contributed by atoms with E-state index in [1.807, 2.05) is 19.1 Å². The molecular formula is C23H23F3N4O3S. The number of benzene rings is 2. The zero-order valence-corrected chi connectivity index (χ0v) is 19.3. The SMILES string of the molecule is C=CCn1c(SCC(=O)Nc2ccc(C(F)(F)F)cc2)nnc1C(C)Oc1cccc(OC)c1. The fourth-order valence-electron chi connectivity index (χ4n) is 3.01. The van der Waals surface area contributed by atoms with Crippen LogP contribution in [-0.4, -0.2) is 33.5 Å². The summed E-state index contributed by atoms with van der Waals surface area (Å²) in [6.07, 6.45) is -3.20. The summed E-state index contributed by atoms with van der Waals surface area (Å²) in [6.45, 7) is 5.98. The molecule has 0 saturated carbocycles. The van der Waals surface area contributed by atoms with E-state index >= 15 is 0 Å². The van der Waals surface area contributed by atoms with Gasteiger partial charge in [-0.3, -0.25) is 9.36 Å². The van der Waals surface area contributed by atoms with Crippen molar-refractivity contribution in [2.24, 2.45) is 0 Å². The highest BCUT2D eigenvalue weighted by molar-refractivity contribution is 7.99. The molecule has 1 amide bonds. The molecule has 3 rings (SSSR count). The van der Waals surface area contributed by atoms with Crippen LogP contribution in [0.2, 0.25) is 0 Å². The van der Waals surface area contributed by atoms with Crippen LogP contribution in [0.4, 0.5) is 18.9 Å². The van der Waals surface area contributed by atoms with Gasteiger partial charge in [0.05, 0.1) is 18.4 Å². The van der Waals surface area contributed by atoms with Crippen molar-refractivity contribution in [2.45, 2.75) is 30.9 Å². The van der Waals surface area contributed by atoms with Gasteiger partial charge in [-0.25, -0.2) is 0 Å². The largest absolute Gasteiger partial charge is 0.497 e. The molecule has 1 atom stereocenters. The lowest BCUT2D eigenvalue weighted by Gasteiger charge is -2.16. The Balaban J connectivity index is 1.64. The summed E-state index contributed by atoms with van der Waals surface area (Å²) < 4.78 is 51.0. The molecule has 0 aliphatic carbocycles. The Bertz CT molecular complexity index is 1130. The fraction of sp³-hybridized carbons (Fsp3) is 0.261. The van der Waals surface area contributed by atoms with Gasteiger partial charge in [0.2, 0.25) is 5.91 Å². The zero-order chi connectivity index (χ0) is 24.7. The molecule has 0 saturated heterocycles. The van der Waals surface area contributed by atoms with Crippen molar-refractivity contribution in [2.75, 3.05) is 18.2 Å². The highest BCUT2D eigenvalue weighted by atomic mass is 32.2. The molecule has 1 N–H and O–H groups in total. The first kappa shape index (κ1) is 25.2. The number of thioether (sulfide) groups is 1. The fourth-order valence-corrected chi connectivity index (χ4v) is 3.76. The van der Waals surface area contributed by atoms with E-state index in [2.05, 4.69) is 22.1 Å². The van der Waals surface area contributed by atoms with E-state index in [1.165, 1.54) is 12.1 Å². The molecule has 0 aliphatic rings. The van der Waals surface area contributed by atoms with Crippen molar-refractivity contribution in [1.29, 1.82) is 0 Å². The standard InChI is InChI=1S/C23H23F3N4O3S/c1-4-12-30-21(15(2)33-19-7-5-6-18(13-19)32-3)28-29-22(30)34-14-20(31)27-17-10-8-16(9-11-17)23(24,25)26/h4-11,13,15H,1,12,14H2,2-3H3,(H,27,31). The number of ether oxygens (including phenoxy) is 2. The van der Waals surface area contributed by atoms with Gasteiger partial charge in [-0.2, -0.15) is 13.2 Å². The van der Waals surface area contributed by atoms with Crippen LogP contribution in [0.1, 0.15) is 24.4 Å². The number of aromatic nitrogens is 3. The second-order valence-electron chi connectivity index (χ2n) is 7.09. The van der Waals surface area contributed by atoms with Crippen LogP contribution in [0.5, 0.6) is 11.5 Å². The summed E-state index contributed by atoms with van der Waals surface area (Å²) in [5.74, 6) is 1.41. The van der Waals surface area contributed by atoms with E-state index < -0.39 is 17.8 Å². The maximum atomic E-state index is 12.7. The molecule has 11 heteroatoms. The lowest BCUT2D eigenvalue weighted by atomic mass is 10.2. The molecule has 0 bridgehead atoms. The molecule has 7 nitrogen and oxygen atoms in total. The predicted octanol–water partition coefficient (Wildman–Crippen LogP) is 5.36. The van der Waals surface area contributed by atoms with E-state index in [0.29, 0.717) is 29.0 Å². The second kappa shape index (κ2) is 11.1. The third-order valence-electron chi connectivity index (χ3n) is 4.60. The average Bonchev–Trinajstić information content (AvgIpc) is 3.20. The second-order valence-corrected chi connectivity index (χ2v) is 8.03. The number of carbonyl (C=O) groups is 1. The Hall–Kier alpha value is -3.47. The van der Waals surface area contributed by atoms with E-state index in [4.69, 9.17) is 9.47 Å². The zero-order valence-electron chi connectivity index (χ0n) is 18.5. The molecule has 1 unspecified atom stereocenters. The van der Waals surface area contributed by atoms with Crippen molar-refractivity contribution < 1.29 is 27.4 Å². The monoisotopic (exact) mass is 492 g/mol. The van der Waals surface area contributed by atoms with Crippen LogP contribution in [0.25, 0.3) is 0 Å². The summed E-state index contributed by atoms with van der Waals surface area (Å²) in [5, 5.41) is 11.4. The van der Waals surface area contributed by atoms with Crippen LogP contribution in [0.3, 0.4) is 0 Å². The smallest absolute Gasteiger partial charge is 0.416 e. The Morgan fingerprint density at radius 2 is 1.91 bits per heavy atom. The van der Waals surface area contributed by atoms with Crippen LogP contribution in [0.15, 0.2) is 66.3 Å². The number of hydrogen-bond acceptors (Lipinski definition) is 6. The summed E-state index contributed by atoms with van der Waals surface area (Å²) in [5.41, 5.74) is -0.512. The average molecular weight is 493 g/mol. The van der Waals surface area contributed by atoms with E-state index in [0.717, 1.165) is 23.9 Å². The minimum absolute atomic E-state index is 0.0125. The van der Waals surface area contributed by atoms with Gasteiger partial charge < -0.3 is 14.8 Å². The van der Waals surface area contributed by atoms with Crippen molar-refractivity contribution in [3.8, 4) is 11.5 Å². The van der Waals surface area contributed by atoms with Gasteiger partial charge in [0.15, 0.2) is 17.1 Å². The number of carbonyl (C=O) groups excluding carboxylic acids is 1. The number of anilines is 1. The van der Waals surface area contributed by atoms with E-state index in [-0.39, 0.29) is 17.3 Å². The number of amides is 1. The molecule has 180 valence electrons. The van der Waals surface area contributed by atoms with E-state index in [9.17, 15) is 18.0 Å². The highest BCUT2D eigenvalue weighted by Crippen LogP contribution is 2.30. The van der Waals surface area contributed by atoms with Gasteiger partial charge in [0.25, 0.3) is 0 Å². The van der Waals surface area contributed by atoms with Crippen LogP contribution in [-0.2, 0) is 17.5 Å². The molecule has 0 aliphatic heterocycles. The number of hydrogen-bond donors (Lipinski definition) is 1. The first-order valence-corrected chi connectivity index (χ1v) is 11.1. The van der Waals surface area contributed by atoms with Crippen molar-refractivity contribution in [1.82, 2.24) is 14.8 Å². The van der Waals surface area contributed by atoms with E-state index in [1.54, 1.807) is 29.9 Å². The topological polar surface area (TPSA) is 78.3 Å². The first-order chi connectivity index (χ1) is 16.2. The number of alkyl halides is 3. The van der Waals surface area contributed by atoms with Gasteiger partial charge in [0.1, 0.15) is 11.5 Å². The van der Waals surface area contributed by atoms with Gasteiger partial charge in [-0.1, -0.05) is 23.9 Å². The quantitative estimate of drug-likeness (QED) is 0.303. The van der Waals surface area contributed by atoms with Crippen LogP contribution >= 0.6 is 11.8 Å². The predicted molar refractivity (Wildman–Crippen MR) is 123 cm³/mol. The molecular weight excluding hydrogens is 469 g/mol. The number of halogens is 3. The van der Waals surface area contributed by atoms with Crippen LogP contribution < -0.4 is 14.8 Å². The number of nitrogens with one attached hydrogen (secondary N) is 1. The molecule has 1 heterocycles. The van der Waals surface area contributed by atoms with Gasteiger partial charge >= 0.3 is 6.18 Å². The molecule has 0 fully saturated rings. The lowest BCUT2D eigenvalue weighted by Crippen LogP contribution is -2.16. The molecule has 2 aromatic carbocycles. The normalized spacial score (nSPS) is 12.1. The van der Waals surface area contributed by atoms with Crippen molar-refractivity contribution >= 4 is 23.4 Å². The molecule has 3 aromatic rings. The maximum absolute atomic E-state index is 12.7. The Morgan fingerprint density at radius 3 is 2.56 bits per heavy atom. The highest BCUT2D eigenvalue weighted by Gasteiger charge is 2.30. The minimum Gasteiger partial charge on any atom is -0.497 e. The first-order valence-electron chi connectivity index (χ1n) is 10.2. The molecule has 34 heavy (non-hydrogen) atoms. The summed E-state index contributed by atoms with van der Waals surface area (Å²) in [7, 11) is 1.57. The molecule has 0 spiro atoms. The summed E-state index contributed by atoms with van der Waals surface area (Å²) in [4.78, 5) is 12.3. The third kappa shape index (κ3) is 6.53. The van der Waals surface area contributed by atoms with Crippen molar-refractivity contribution in [3.63, 3.8) is 0 Å². The Labute approximate surface area is 199 Å². The Kier molecular flexibility index (Phi) is 8.21. The van der Waals surface area contributed by atoms with Crippen LogP contribution in [0, 0.1) is 0 Å². The van der Waals surface area contributed by atoms with Gasteiger partial charge in [-0.15, -0.1) is 16.8 Å². The third-order valence-corrected chi connectivity index (χ3v) is 5.57. The van der Waals surface area contributed by atoms with Gasteiger partial charge in [-0.05, 0) is 43.3 Å². The van der Waals surface area contributed by atoms with Gasteiger partial charge in [0, 0.05) is 18.3 Å².